The van der Waals surface area contributed by atoms with Gasteiger partial charge in [0.2, 0.25) is 5.96 Å². The van der Waals surface area contributed by atoms with Gasteiger partial charge in [-0.1, -0.05) is 11.6 Å². The summed E-state index contributed by atoms with van der Waals surface area (Å²) in [6.45, 7) is -0.131. The Kier molecular flexibility index (Phi) is 4.45. The number of aliphatic imine (C=N–C) groups is 1. The number of rotatable bonds is 2. The Morgan fingerprint density at radius 2 is 2.14 bits per heavy atom. The lowest BCUT2D eigenvalue weighted by Gasteiger charge is -2.35. The van der Waals surface area contributed by atoms with E-state index in [1.165, 1.54) is 0 Å². The highest BCUT2D eigenvalue weighted by atomic mass is 35.5. The highest BCUT2D eigenvalue weighted by Crippen LogP contribution is 2.45. The van der Waals surface area contributed by atoms with Gasteiger partial charge in [0.1, 0.15) is 17.3 Å². The second-order valence-electron chi connectivity index (χ2n) is 6.36. The van der Waals surface area contributed by atoms with Gasteiger partial charge in [-0.25, -0.2) is 14.1 Å². The summed E-state index contributed by atoms with van der Waals surface area (Å²) in [4.78, 5) is 30.0. The number of benzene rings is 1. The molecular formula is C17H12ClF4N3O4. The Morgan fingerprint density at radius 3 is 2.79 bits per heavy atom. The largest absolute Gasteiger partial charge is 0.476 e. The van der Waals surface area contributed by atoms with E-state index < -0.39 is 35.7 Å². The van der Waals surface area contributed by atoms with Gasteiger partial charge < -0.3 is 14.4 Å². The van der Waals surface area contributed by atoms with Crippen LogP contribution in [-0.4, -0.2) is 55.2 Å². The highest BCUT2D eigenvalue weighted by molar-refractivity contribution is 6.33. The molecule has 0 bridgehead atoms. The molecule has 0 spiro atoms. The zero-order valence-corrected chi connectivity index (χ0v) is 15.5. The van der Waals surface area contributed by atoms with Crippen molar-refractivity contribution >= 4 is 35.1 Å². The zero-order valence-electron chi connectivity index (χ0n) is 14.7. The second kappa shape index (κ2) is 6.61. The van der Waals surface area contributed by atoms with Crippen molar-refractivity contribution in [2.24, 2.45) is 4.99 Å². The number of halogens is 5. The first kappa shape index (κ1) is 19.5. The monoisotopic (exact) mass is 433 g/mol. The van der Waals surface area contributed by atoms with Crippen molar-refractivity contribution in [1.82, 2.24) is 4.90 Å². The SMILES string of the molecule is COC(=O)C1Cc2c(c(Cl)cc(F)c2N2C(=O)C=C(C(F)(F)F)N3CCN=C32)O1. The van der Waals surface area contributed by atoms with Crippen LogP contribution in [0, 0.1) is 5.82 Å². The number of nitrogens with zero attached hydrogens (tertiary/aromatic N) is 3. The van der Waals surface area contributed by atoms with Crippen molar-refractivity contribution in [3.63, 3.8) is 0 Å². The number of guanidine groups is 1. The summed E-state index contributed by atoms with van der Waals surface area (Å²) in [6.07, 6.45) is -5.71. The number of alkyl halides is 3. The molecule has 1 aromatic rings. The van der Waals surface area contributed by atoms with Crippen LogP contribution >= 0.6 is 11.6 Å². The first-order chi connectivity index (χ1) is 13.6. The van der Waals surface area contributed by atoms with E-state index in [2.05, 4.69) is 9.73 Å². The number of esters is 1. The summed E-state index contributed by atoms with van der Waals surface area (Å²) in [5, 5.41) is -0.145. The summed E-state index contributed by atoms with van der Waals surface area (Å²) in [5.74, 6) is -3.22. The summed E-state index contributed by atoms with van der Waals surface area (Å²) in [6, 6.07) is 0.867. The minimum Gasteiger partial charge on any atom is -0.476 e. The Morgan fingerprint density at radius 1 is 1.41 bits per heavy atom. The number of ether oxygens (including phenoxy) is 2. The minimum atomic E-state index is -4.79. The smallest absolute Gasteiger partial charge is 0.431 e. The Bertz CT molecular complexity index is 992. The normalized spacial score (nSPS) is 20.8. The number of carbonyl (C=O) groups is 2. The maximum absolute atomic E-state index is 14.9. The number of carbonyl (C=O) groups excluding carboxylic acids is 2. The van der Waals surface area contributed by atoms with E-state index in [9.17, 15) is 27.2 Å². The zero-order chi connectivity index (χ0) is 21.1. The van der Waals surface area contributed by atoms with Crippen molar-refractivity contribution in [3.05, 3.63) is 34.2 Å². The van der Waals surface area contributed by atoms with Crippen molar-refractivity contribution < 1.29 is 36.6 Å². The molecule has 3 aliphatic rings. The Hall–Kier alpha value is -2.82. The van der Waals surface area contributed by atoms with Gasteiger partial charge in [-0.3, -0.25) is 9.79 Å². The molecule has 1 atom stereocenters. The number of allylic oxidation sites excluding steroid dienone is 1. The maximum atomic E-state index is 14.9. The number of fused-ring (bicyclic) bond motifs is 2. The van der Waals surface area contributed by atoms with Gasteiger partial charge in [0.15, 0.2) is 6.10 Å². The molecule has 1 amide bonds. The van der Waals surface area contributed by atoms with E-state index in [-0.39, 0.29) is 47.5 Å². The molecule has 12 heteroatoms. The fraction of sp³-hybridized carbons (Fsp3) is 0.353. The summed E-state index contributed by atoms with van der Waals surface area (Å²) in [7, 11) is 1.14. The van der Waals surface area contributed by atoms with E-state index in [0.717, 1.165) is 23.0 Å². The van der Waals surface area contributed by atoms with Crippen LogP contribution in [-0.2, 0) is 20.7 Å². The average Bonchev–Trinajstić information content (AvgIpc) is 3.28. The van der Waals surface area contributed by atoms with Crippen LogP contribution in [0.2, 0.25) is 5.02 Å². The van der Waals surface area contributed by atoms with Gasteiger partial charge in [0, 0.05) is 24.6 Å². The van der Waals surface area contributed by atoms with Crippen LogP contribution in [0.15, 0.2) is 22.8 Å². The Balaban J connectivity index is 1.85. The predicted octanol–water partition coefficient (Wildman–Crippen LogP) is 2.42. The van der Waals surface area contributed by atoms with E-state index >= 15 is 0 Å². The number of amides is 1. The van der Waals surface area contributed by atoms with Crippen LogP contribution < -0.4 is 9.64 Å². The van der Waals surface area contributed by atoms with E-state index in [4.69, 9.17) is 16.3 Å². The molecule has 3 heterocycles. The first-order valence-corrected chi connectivity index (χ1v) is 8.71. The standard InChI is InChI=1S/C17H12ClF4N3O4/c1-28-15(27)10-4-7-13(9(19)5-8(18)14(7)29-10)25-12(26)6-11(17(20,21)22)24-3-2-23-16(24)25/h5-6,10H,2-4H2,1H3. The second-order valence-corrected chi connectivity index (χ2v) is 6.77. The van der Waals surface area contributed by atoms with Crippen molar-refractivity contribution in [2.75, 3.05) is 25.1 Å². The molecule has 4 rings (SSSR count). The van der Waals surface area contributed by atoms with Gasteiger partial charge in [-0.15, -0.1) is 0 Å². The summed E-state index contributed by atoms with van der Waals surface area (Å²) >= 11 is 6.01. The van der Waals surface area contributed by atoms with E-state index in [1.54, 1.807) is 0 Å². The molecule has 0 saturated carbocycles. The highest BCUT2D eigenvalue weighted by Gasteiger charge is 2.48. The molecule has 154 valence electrons. The molecule has 1 aromatic carbocycles. The van der Waals surface area contributed by atoms with Crippen LogP contribution in [0.25, 0.3) is 0 Å². The number of anilines is 1. The van der Waals surface area contributed by atoms with Crippen LogP contribution in [0.4, 0.5) is 23.2 Å². The summed E-state index contributed by atoms with van der Waals surface area (Å²) < 4.78 is 64.9. The van der Waals surface area contributed by atoms with E-state index in [1.807, 2.05) is 0 Å². The molecule has 29 heavy (non-hydrogen) atoms. The van der Waals surface area contributed by atoms with Crippen LogP contribution in [0.3, 0.4) is 0 Å². The molecular weight excluding hydrogens is 422 g/mol. The lowest BCUT2D eigenvalue weighted by Crippen LogP contribution is -2.51. The number of hydrogen-bond acceptors (Lipinski definition) is 6. The molecule has 7 nitrogen and oxygen atoms in total. The van der Waals surface area contributed by atoms with Crippen molar-refractivity contribution in [2.45, 2.75) is 18.7 Å². The molecule has 0 saturated heterocycles. The molecule has 0 N–H and O–H groups in total. The third-order valence-electron chi connectivity index (χ3n) is 4.67. The Labute approximate surface area is 166 Å². The van der Waals surface area contributed by atoms with Gasteiger partial charge in [-0.2, -0.15) is 13.2 Å². The molecule has 0 radical (unpaired) electrons. The van der Waals surface area contributed by atoms with Crippen molar-refractivity contribution in [1.29, 1.82) is 0 Å². The first-order valence-electron chi connectivity index (χ1n) is 8.33. The average molecular weight is 434 g/mol. The number of hydrogen-bond donors (Lipinski definition) is 0. The molecule has 1 unspecified atom stereocenters. The van der Waals surface area contributed by atoms with Crippen molar-refractivity contribution in [3.8, 4) is 5.75 Å². The van der Waals surface area contributed by atoms with Gasteiger partial charge in [0.25, 0.3) is 5.91 Å². The maximum Gasteiger partial charge on any atom is 0.431 e. The van der Waals surface area contributed by atoms with Gasteiger partial charge >= 0.3 is 12.1 Å². The summed E-state index contributed by atoms with van der Waals surface area (Å²) in [5.41, 5.74) is -1.47. The van der Waals surface area contributed by atoms with Crippen LogP contribution in [0.5, 0.6) is 5.75 Å². The lowest BCUT2D eigenvalue weighted by molar-refractivity contribution is -0.147. The molecule has 3 aliphatic heterocycles. The molecule has 0 fully saturated rings. The topological polar surface area (TPSA) is 71.4 Å². The van der Waals surface area contributed by atoms with Gasteiger partial charge in [0.05, 0.1) is 24.4 Å². The third-order valence-corrected chi connectivity index (χ3v) is 4.95. The minimum absolute atomic E-state index is 0.00871. The third kappa shape index (κ3) is 3.00. The fourth-order valence-electron chi connectivity index (χ4n) is 3.49. The fourth-order valence-corrected chi connectivity index (χ4v) is 3.74. The number of methoxy groups -OCH3 is 1. The van der Waals surface area contributed by atoms with Crippen LogP contribution in [0.1, 0.15) is 5.56 Å². The van der Waals surface area contributed by atoms with Gasteiger partial charge in [-0.05, 0) is 6.07 Å². The predicted molar refractivity (Wildman–Crippen MR) is 92.2 cm³/mol. The van der Waals surface area contributed by atoms with E-state index in [0.29, 0.717) is 6.08 Å². The molecule has 0 aromatic heterocycles. The molecule has 0 aliphatic carbocycles. The quantitative estimate of drug-likeness (QED) is 0.529. The lowest BCUT2D eigenvalue weighted by atomic mass is 10.0.